The second kappa shape index (κ2) is 83.2. The lowest BCUT2D eigenvalue weighted by Crippen LogP contribution is -2.65. The molecule has 0 amide bonds. The first-order valence-electron chi connectivity index (χ1n) is 45.4. The molecule has 4 rings (SSSR count). The van der Waals surface area contributed by atoms with Gasteiger partial charge in [0.25, 0.3) is 0 Å². The second-order valence-electron chi connectivity index (χ2n) is 30.8. The Bertz CT molecular complexity index is 4350. The molecule has 1 fully saturated rings. The minimum absolute atomic E-state index is 0.000214. The number of methoxy groups -OCH3 is 1. The van der Waals surface area contributed by atoms with E-state index in [0.717, 1.165) is 70.7 Å². The fourth-order valence-corrected chi connectivity index (χ4v) is 33.4. The highest BCUT2D eigenvalue weighted by atomic mass is 28.5. The minimum atomic E-state index is -2.60. The Morgan fingerprint density at radius 2 is 0.662 bits per heavy atom. The number of hydrogen-bond acceptors (Lipinski definition) is 28. The van der Waals surface area contributed by atoms with Gasteiger partial charge in [-0.25, -0.2) is 56.9 Å². The van der Waals surface area contributed by atoms with Crippen molar-refractivity contribution in [2.45, 2.75) is 113 Å². The van der Waals surface area contributed by atoms with E-state index in [0.29, 0.717) is 71.1 Å². The van der Waals surface area contributed by atoms with Crippen molar-refractivity contribution in [2.75, 3.05) is 139 Å². The van der Waals surface area contributed by atoms with E-state index in [1.807, 2.05) is 69.8 Å². The Hall–Kier alpha value is -11.3. The summed E-state index contributed by atoms with van der Waals surface area (Å²) in [7, 11) is -12.6. The van der Waals surface area contributed by atoms with Crippen molar-refractivity contribution in [3.63, 3.8) is 0 Å². The Balaban J connectivity index is -0.000000508. The first-order valence-corrected chi connectivity index (χ1v) is 60.1. The average Bonchev–Trinajstić information content (AvgIpc) is 0.769. The predicted octanol–water partition coefficient (Wildman–Crippen LogP) is 18.3. The molecule has 0 spiro atoms. The van der Waals surface area contributed by atoms with Crippen LogP contribution in [0.2, 0.25) is 39.3 Å². The molecular formula is C105H161N3O28Si6. The molecule has 1 aliphatic heterocycles. The first-order chi connectivity index (χ1) is 67.4. The highest BCUT2D eigenvalue weighted by molar-refractivity contribution is 6.98. The third kappa shape index (κ3) is 62.2. The summed E-state index contributed by atoms with van der Waals surface area (Å²) in [6.07, 6.45) is 20.8. The number of ether oxygens (including phenoxy) is 13. The van der Waals surface area contributed by atoms with Crippen LogP contribution in [0.5, 0.6) is 0 Å². The van der Waals surface area contributed by atoms with Crippen LogP contribution in [0.1, 0.15) is 116 Å². The molecule has 3 aromatic rings. The lowest BCUT2D eigenvalue weighted by atomic mass is 10.0. The molecule has 2 heterocycles. The Morgan fingerprint density at radius 1 is 0.373 bits per heavy atom. The van der Waals surface area contributed by atoms with Crippen LogP contribution < -0.4 is 17.1 Å². The molecule has 1 N–H and O–H groups in total. The highest BCUT2D eigenvalue weighted by Gasteiger charge is 2.54. The normalized spacial score (nSPS) is 15.4. The van der Waals surface area contributed by atoms with Crippen molar-refractivity contribution >= 4 is 86.7 Å². The van der Waals surface area contributed by atoms with Gasteiger partial charge >= 0.3 is 87.1 Å². The zero-order valence-electron chi connectivity index (χ0n) is 86.4. The van der Waals surface area contributed by atoms with E-state index in [1.54, 1.807) is 48.1 Å². The zero-order valence-corrected chi connectivity index (χ0v) is 92.4. The van der Waals surface area contributed by atoms with E-state index in [9.17, 15) is 43.2 Å². The number of nitrogens with zero attached hydrogens (tertiary/aromatic N) is 3. The first kappa shape index (κ1) is 139. The Labute approximate surface area is 850 Å². The van der Waals surface area contributed by atoms with Crippen LogP contribution in [0.15, 0.2) is 325 Å². The molecule has 1 aromatic heterocycles. The quantitative estimate of drug-likeness (QED) is 0.0180. The van der Waals surface area contributed by atoms with Gasteiger partial charge in [-0.2, -0.15) is 0 Å². The molecular weight excluding hydrogens is 1920 g/mol. The van der Waals surface area contributed by atoms with Gasteiger partial charge in [-0.1, -0.05) is 196 Å². The Kier molecular flexibility index (Phi) is 81.6. The summed E-state index contributed by atoms with van der Waals surface area (Å²) in [5, 5.41) is 8.26. The van der Waals surface area contributed by atoms with Crippen LogP contribution in [0.25, 0.3) is 0 Å². The second-order valence-corrected chi connectivity index (χ2v) is 51.0. The van der Waals surface area contributed by atoms with Gasteiger partial charge in [-0.15, -0.1) is 92.1 Å². The molecule has 142 heavy (non-hydrogen) atoms. The number of aromatic nitrogens is 3. The molecule has 2 aromatic carbocycles. The van der Waals surface area contributed by atoms with E-state index in [4.69, 9.17) is 87.3 Å². The molecule has 788 valence electrons. The molecule has 31 nitrogen and oxygen atoms in total. The Morgan fingerprint density at radius 3 is 0.923 bits per heavy atom. The third-order valence-electron chi connectivity index (χ3n) is 17.9. The molecule has 37 heteroatoms. The zero-order chi connectivity index (χ0) is 109. The van der Waals surface area contributed by atoms with Crippen molar-refractivity contribution in [3.8, 4) is 0 Å². The maximum absolute atomic E-state index is 12.1. The molecule has 0 radical (unpaired) electrons. The van der Waals surface area contributed by atoms with Crippen LogP contribution in [0, 0.1) is 11.8 Å². The molecule has 1 saturated heterocycles. The minimum Gasteiger partial charge on any atom is -0.458 e. The van der Waals surface area contributed by atoms with E-state index in [-0.39, 0.29) is 99.3 Å². The maximum Gasteiger partial charge on any atom is 0.344 e. The average molecular weight is 2080 g/mol. The highest BCUT2D eigenvalue weighted by Crippen LogP contribution is 2.33. The molecule has 2 unspecified atom stereocenters. The number of esters is 6. The van der Waals surface area contributed by atoms with Crippen molar-refractivity contribution in [2.24, 2.45) is 11.8 Å². The monoisotopic (exact) mass is 2080 g/mol. The van der Waals surface area contributed by atoms with Crippen molar-refractivity contribution in [1.82, 2.24) is 13.7 Å². The number of carbonyl (C=O) groups excluding carboxylic acids is 6. The van der Waals surface area contributed by atoms with Crippen LogP contribution in [-0.4, -0.2) is 245 Å². The third-order valence-corrected chi connectivity index (χ3v) is 40.6. The van der Waals surface area contributed by atoms with Gasteiger partial charge in [0.1, 0.15) is 39.6 Å². The topological polar surface area (TPSA) is 355 Å². The number of hydrogen-bond donors (Lipinski definition) is 1. The summed E-state index contributed by atoms with van der Waals surface area (Å²) in [6, 6.07) is 7.73. The molecule has 0 bridgehead atoms. The van der Waals surface area contributed by atoms with Crippen LogP contribution >= 0.6 is 0 Å². The summed E-state index contributed by atoms with van der Waals surface area (Å²) >= 11 is 0. The summed E-state index contributed by atoms with van der Waals surface area (Å²) in [4.78, 5) is 108. The lowest BCUT2D eigenvalue weighted by molar-refractivity contribution is 0.0118. The number of carbonyl (C=O) groups is 6. The smallest absolute Gasteiger partial charge is 0.344 e. The fourth-order valence-electron chi connectivity index (χ4n) is 10.3. The van der Waals surface area contributed by atoms with Crippen molar-refractivity contribution in [3.05, 3.63) is 376 Å². The van der Waals surface area contributed by atoms with Gasteiger partial charge < -0.3 is 87.3 Å². The van der Waals surface area contributed by atoms with Gasteiger partial charge in [-0.05, 0) is 116 Å². The molecule has 1 aliphatic rings. The fraction of sp³-hybridized carbons (Fsp3) is 0.381. The van der Waals surface area contributed by atoms with Crippen LogP contribution in [-0.2, 0) is 102 Å². The molecule has 2 atom stereocenters. The molecule has 0 saturated carbocycles. The van der Waals surface area contributed by atoms with Crippen molar-refractivity contribution < 1.29 is 116 Å². The lowest BCUT2D eigenvalue weighted by Gasteiger charge is -2.46. The number of benzene rings is 2. The number of allylic oxidation sites excluding steroid dienone is 3. The summed E-state index contributed by atoms with van der Waals surface area (Å²) in [6.45, 7) is 111. The van der Waals surface area contributed by atoms with Gasteiger partial charge in [0, 0.05) is 38.8 Å². The van der Waals surface area contributed by atoms with Crippen LogP contribution in [0.4, 0.5) is 0 Å². The SMILES string of the molecule is C=C(C)COCC.C=C(C)COCCOC.C=CCOC(=O)c1cc(C(=O)OCC=C)cc(C(=O)OCC=C)c1.C=CCOC(=O)c1ccc(C(=O)OCC=C)c(C(=O)OCC=C)c1.C=CCOCC(CC)COCC(CC)COCC=C.C=CCOCCCO.C=CCn1c(=O)n(CC=C)c(=O)n(CC=C)c1=O.C=C[Si](C)(C=C)O[Si](C)(C=C)C=C.C=C[Si]1(C)O[Si](C)(C=C)O[Si](C)(C=C)O[Si](C)(C=C)O1. The summed E-state index contributed by atoms with van der Waals surface area (Å²) < 4.78 is 99.9. The van der Waals surface area contributed by atoms with E-state index >= 15 is 0 Å². The van der Waals surface area contributed by atoms with Gasteiger partial charge in [0.2, 0.25) is 16.6 Å². The maximum atomic E-state index is 12.1. The van der Waals surface area contributed by atoms with Gasteiger partial charge in [0.05, 0.1) is 126 Å². The van der Waals surface area contributed by atoms with Crippen molar-refractivity contribution in [1.29, 1.82) is 0 Å². The summed E-state index contributed by atoms with van der Waals surface area (Å²) in [5.74, 6) is -3.34. The largest absolute Gasteiger partial charge is 0.458 e. The number of rotatable bonds is 61. The standard InChI is InChI=1S/2C18H18O6.C16H30O3.C12H15N3O3.C12H24O4Si4.C10H18OSi2.C7H14O2.C6H12O2.C6H12O/c1-4-9-22-16(19)13-7-8-14(17(20)23-10-5-2)15(12-13)18(21)24-11-6-3;1-4-7-22-16(19)13-10-14(17(20)23-8-5-2)12-15(11-13)18(21)24-9-6-3;1-5-9-17-11-15(7-3)13-19-14-16(8-4)12-18-10-6-2;1-4-7-13-10(16)14(8-5-2)12(18)15(9-6-3)11(13)17;1-9-17(5)13-18(6,10-2)15-20(8,12-4)16-19(7,11-3)14-17;1-7-12(5,8-2)11-13(6,9-3)10-4;1-7(2)6-9-5-4-8-3;1-2-5-8-6-3-4-7;1-4-7-5-6(2)3/h4-8,12H,1-3,9-11H2;4-6,10-12H,1-3,7-9H2;5-6,15-16H,1-2,7-14H2,3-4H3;4-6H,1-3,7-9H2;9-12H,1-4H2,5-8H3;7-10H,1-4H2,5-6H3;1,4-6H2,2-3H3;2,7H,1,3-6H2;2,4-5H2,1,3H3. The van der Waals surface area contributed by atoms with E-state index in [1.165, 1.54) is 91.1 Å². The van der Waals surface area contributed by atoms with Gasteiger partial charge in [-0.3, -0.25) is 0 Å². The van der Waals surface area contributed by atoms with Gasteiger partial charge in [0.15, 0.2) is 0 Å². The summed E-state index contributed by atoms with van der Waals surface area (Å²) in [5.41, 5.74) is 14.7. The van der Waals surface area contributed by atoms with E-state index < -0.39 is 104 Å². The molecule has 0 aliphatic carbocycles. The number of aliphatic hydroxyl groups excluding tert-OH is 1. The predicted molar refractivity (Wildman–Crippen MR) is 584 cm³/mol. The van der Waals surface area contributed by atoms with E-state index in [2.05, 4.69) is 172 Å². The van der Waals surface area contributed by atoms with Crippen LogP contribution in [0.3, 0.4) is 0 Å². The number of aliphatic hydroxyl groups is 1.